The van der Waals surface area contributed by atoms with Crippen molar-refractivity contribution in [2.24, 2.45) is 17.8 Å². The van der Waals surface area contributed by atoms with Crippen LogP contribution in [0.3, 0.4) is 0 Å². The summed E-state index contributed by atoms with van der Waals surface area (Å²) in [5.74, 6) is -1.20. The Bertz CT molecular complexity index is 1090. The summed E-state index contributed by atoms with van der Waals surface area (Å²) in [6.45, 7) is 1.87. The van der Waals surface area contributed by atoms with Gasteiger partial charge in [0.1, 0.15) is 0 Å². The van der Waals surface area contributed by atoms with E-state index < -0.39 is 25.1 Å². The number of amides is 2. The fourth-order valence-corrected chi connectivity index (χ4v) is 6.43. The number of aliphatic hydroxyl groups is 1. The summed E-state index contributed by atoms with van der Waals surface area (Å²) in [4.78, 5) is 26.7. The summed E-state index contributed by atoms with van der Waals surface area (Å²) < 4.78 is 11.9. The molecule has 0 bridgehead atoms. The van der Waals surface area contributed by atoms with E-state index in [2.05, 4.69) is 35.6 Å². The van der Waals surface area contributed by atoms with Crippen LogP contribution in [-0.4, -0.2) is 65.9 Å². The average molecular weight is 595 g/mol. The van der Waals surface area contributed by atoms with Crippen LogP contribution in [0, 0.1) is 21.3 Å². The Balaban J connectivity index is 1.60. The van der Waals surface area contributed by atoms with E-state index in [1.165, 1.54) is 19.1 Å². The van der Waals surface area contributed by atoms with E-state index in [0.29, 0.717) is 28.6 Å². The Kier molecular flexibility index (Phi) is 7.94. The molecule has 2 heterocycles. The molecule has 0 radical (unpaired) electrons. The first-order chi connectivity index (χ1) is 16.7. The third-order valence-electron chi connectivity index (χ3n) is 7.54. The standard InChI is InChI=1S/C25H31BINO7/c1-4-13(7-14-8-18(27)23(30)20(9-14)34-3)5-6-19-21-15(12-29)10-16-22(17(21)11-26(33)35-19)25(32)28(2)24(16)31/h7-9,16-17,19,22,29-30,33H,4-6,10-12H2,1-3H3/b13-7+/t16-,17+,19-,22-/m1/s1. The molecule has 0 spiro atoms. The second-order valence-corrected chi connectivity index (χ2v) is 10.6. The van der Waals surface area contributed by atoms with Crippen LogP contribution in [0.15, 0.2) is 28.9 Å². The van der Waals surface area contributed by atoms with Crippen molar-refractivity contribution >= 4 is 47.6 Å². The summed E-state index contributed by atoms with van der Waals surface area (Å²) in [6.07, 6.45) is 4.27. The van der Waals surface area contributed by atoms with Gasteiger partial charge >= 0.3 is 7.12 Å². The Hall–Kier alpha value is -1.89. The number of ether oxygens (including phenoxy) is 1. The van der Waals surface area contributed by atoms with Gasteiger partial charge in [-0.1, -0.05) is 18.6 Å². The molecule has 0 saturated carbocycles. The molecule has 0 aromatic heterocycles. The first kappa shape index (κ1) is 26.2. The van der Waals surface area contributed by atoms with E-state index in [9.17, 15) is 24.8 Å². The molecule has 2 fully saturated rings. The first-order valence-electron chi connectivity index (χ1n) is 11.9. The molecule has 35 heavy (non-hydrogen) atoms. The molecule has 2 saturated heterocycles. The number of aliphatic hydroxyl groups excluding tert-OH is 1. The monoisotopic (exact) mass is 595 g/mol. The largest absolute Gasteiger partial charge is 0.504 e. The van der Waals surface area contributed by atoms with E-state index >= 15 is 0 Å². The van der Waals surface area contributed by atoms with Gasteiger partial charge in [0, 0.05) is 7.05 Å². The zero-order valence-corrected chi connectivity index (χ0v) is 22.3. The predicted molar refractivity (Wildman–Crippen MR) is 140 cm³/mol. The van der Waals surface area contributed by atoms with Crippen LogP contribution in [-0.2, 0) is 14.2 Å². The van der Waals surface area contributed by atoms with Gasteiger partial charge in [0.2, 0.25) is 11.8 Å². The van der Waals surface area contributed by atoms with Crippen molar-refractivity contribution in [3.8, 4) is 11.5 Å². The summed E-state index contributed by atoms with van der Waals surface area (Å²) in [6, 6.07) is 3.68. The fraction of sp³-hybridized carbons (Fsp3) is 0.520. The molecule has 3 aliphatic rings. The molecule has 1 aromatic carbocycles. The lowest BCUT2D eigenvalue weighted by atomic mass is 9.58. The van der Waals surface area contributed by atoms with Crippen molar-refractivity contribution in [1.82, 2.24) is 4.90 Å². The molecular weight excluding hydrogens is 564 g/mol. The smallest absolute Gasteiger partial charge is 0.455 e. The molecule has 2 aliphatic heterocycles. The Morgan fingerprint density at radius 1 is 1.31 bits per heavy atom. The highest BCUT2D eigenvalue weighted by Crippen LogP contribution is 2.50. The highest BCUT2D eigenvalue weighted by molar-refractivity contribution is 14.1. The first-order valence-corrected chi connectivity index (χ1v) is 13.0. The number of nitrogens with zero attached hydrogens (tertiary/aromatic N) is 1. The van der Waals surface area contributed by atoms with Gasteiger partial charge in [-0.15, -0.1) is 0 Å². The normalized spacial score (nSPS) is 26.9. The van der Waals surface area contributed by atoms with E-state index in [-0.39, 0.29) is 36.4 Å². The number of hydrogen-bond acceptors (Lipinski definition) is 7. The number of allylic oxidation sites excluding steroid dienone is 1. The SMILES string of the molecule is CC/C(=C\c1cc(I)c(O)c(OC)c1)CC[C@H]1OB(O)C[C@H]2C1=C(CO)C[C@H]1C(=O)N(C)C(=O)[C@H]12. The average Bonchev–Trinajstić information content (AvgIpc) is 3.06. The molecule has 1 aromatic rings. The van der Waals surface area contributed by atoms with Crippen molar-refractivity contribution in [2.75, 3.05) is 20.8 Å². The van der Waals surface area contributed by atoms with Crippen molar-refractivity contribution < 1.29 is 34.2 Å². The lowest BCUT2D eigenvalue weighted by Crippen LogP contribution is -2.46. The molecular formula is C25H31BINO7. The number of carbonyl (C=O) groups excluding carboxylic acids is 2. The van der Waals surface area contributed by atoms with Crippen LogP contribution in [0.5, 0.6) is 11.5 Å². The number of carbonyl (C=O) groups is 2. The zero-order valence-electron chi connectivity index (χ0n) is 20.2. The molecule has 0 unspecified atom stereocenters. The predicted octanol–water partition coefficient (Wildman–Crippen LogP) is 3.00. The number of hydrogen-bond donors (Lipinski definition) is 3. The maximum atomic E-state index is 12.9. The Morgan fingerprint density at radius 2 is 2.06 bits per heavy atom. The lowest BCUT2D eigenvalue weighted by Gasteiger charge is -2.43. The number of benzene rings is 1. The quantitative estimate of drug-likeness (QED) is 0.192. The number of phenolic OH excluding ortho intramolecular Hbond substituents is 1. The van der Waals surface area contributed by atoms with Crippen LogP contribution >= 0.6 is 22.6 Å². The van der Waals surface area contributed by atoms with E-state index in [4.69, 9.17) is 9.39 Å². The van der Waals surface area contributed by atoms with Gasteiger partial charge in [0.05, 0.1) is 35.2 Å². The molecule has 10 heteroatoms. The molecule has 2 amide bonds. The van der Waals surface area contributed by atoms with Gasteiger partial charge in [-0.25, -0.2) is 0 Å². The molecule has 4 atom stereocenters. The van der Waals surface area contributed by atoms with Gasteiger partial charge in [0.15, 0.2) is 11.5 Å². The van der Waals surface area contributed by atoms with Gasteiger partial charge in [-0.2, -0.15) is 0 Å². The third kappa shape index (κ3) is 4.90. The highest BCUT2D eigenvalue weighted by atomic mass is 127. The van der Waals surface area contributed by atoms with Crippen LogP contribution in [0.2, 0.25) is 6.32 Å². The van der Waals surface area contributed by atoms with Gasteiger partial charge in [-0.3, -0.25) is 14.5 Å². The summed E-state index contributed by atoms with van der Waals surface area (Å²) in [7, 11) is 1.99. The van der Waals surface area contributed by atoms with Crippen LogP contribution in [0.25, 0.3) is 6.08 Å². The van der Waals surface area contributed by atoms with E-state index in [0.717, 1.165) is 28.7 Å². The molecule has 188 valence electrons. The van der Waals surface area contributed by atoms with Crippen LogP contribution < -0.4 is 4.74 Å². The summed E-state index contributed by atoms with van der Waals surface area (Å²) in [5.41, 5.74) is 3.70. The van der Waals surface area contributed by atoms with Gasteiger partial charge < -0.3 is 24.6 Å². The van der Waals surface area contributed by atoms with Crippen molar-refractivity contribution in [1.29, 1.82) is 0 Å². The molecule has 1 aliphatic carbocycles. The van der Waals surface area contributed by atoms with Gasteiger partial charge in [0.25, 0.3) is 0 Å². The third-order valence-corrected chi connectivity index (χ3v) is 8.36. The van der Waals surface area contributed by atoms with Gasteiger partial charge in [-0.05, 0) is 89.4 Å². The number of phenols is 1. The van der Waals surface area contributed by atoms with Crippen molar-refractivity contribution in [2.45, 2.75) is 45.0 Å². The summed E-state index contributed by atoms with van der Waals surface area (Å²) >= 11 is 2.07. The Morgan fingerprint density at radius 3 is 2.71 bits per heavy atom. The van der Waals surface area contributed by atoms with Crippen molar-refractivity contribution in [3.63, 3.8) is 0 Å². The second-order valence-electron chi connectivity index (χ2n) is 9.46. The second kappa shape index (κ2) is 10.6. The Labute approximate surface area is 219 Å². The molecule has 3 N–H and O–H groups in total. The number of halogens is 1. The molecule has 8 nitrogen and oxygen atoms in total. The maximum absolute atomic E-state index is 12.9. The topological polar surface area (TPSA) is 117 Å². The highest BCUT2D eigenvalue weighted by Gasteiger charge is 2.56. The minimum absolute atomic E-state index is 0.114. The maximum Gasteiger partial charge on any atom is 0.455 e. The fourth-order valence-electron chi connectivity index (χ4n) is 5.80. The molecule has 4 rings (SSSR count). The summed E-state index contributed by atoms with van der Waals surface area (Å²) in [5, 5.41) is 30.8. The van der Waals surface area contributed by atoms with Crippen LogP contribution in [0.1, 0.15) is 38.2 Å². The van der Waals surface area contributed by atoms with Crippen molar-refractivity contribution in [3.05, 3.63) is 38.0 Å². The van der Waals surface area contributed by atoms with E-state index in [1.54, 1.807) is 6.07 Å². The number of fused-ring (bicyclic) bond motifs is 3. The minimum atomic E-state index is -1.03. The number of likely N-dealkylation sites (tertiary alicyclic amines) is 1. The lowest BCUT2D eigenvalue weighted by molar-refractivity contribution is -0.138. The number of methoxy groups -OCH3 is 1. The number of rotatable bonds is 7. The van der Waals surface area contributed by atoms with E-state index in [1.807, 2.05) is 6.07 Å². The van der Waals surface area contributed by atoms with Crippen LogP contribution in [0.4, 0.5) is 0 Å². The minimum Gasteiger partial charge on any atom is -0.504 e. The zero-order chi connectivity index (χ0) is 25.4. The number of imide groups is 1. The number of aromatic hydroxyl groups is 1.